The van der Waals surface area contributed by atoms with E-state index in [9.17, 15) is 8.42 Å². The van der Waals surface area contributed by atoms with E-state index in [0.717, 1.165) is 24.2 Å². The van der Waals surface area contributed by atoms with Crippen molar-refractivity contribution in [3.63, 3.8) is 0 Å². The standard InChI is InChI=1S/C15H21NO2S/c1-12-4-2-5-13(8-12)11-19(17,18)16-9-14-6-3-7-15(14)10-16/h2,4-5,8,14-15H,3,6-7,9-11H2,1H3. The van der Waals surface area contributed by atoms with Gasteiger partial charge in [-0.05, 0) is 37.2 Å². The average molecular weight is 279 g/mol. The molecule has 1 heterocycles. The van der Waals surface area contributed by atoms with Gasteiger partial charge in [-0.15, -0.1) is 0 Å². The molecule has 1 aliphatic carbocycles. The van der Waals surface area contributed by atoms with Crippen LogP contribution in [-0.4, -0.2) is 25.8 Å². The summed E-state index contributed by atoms with van der Waals surface area (Å²) in [4.78, 5) is 0. The minimum Gasteiger partial charge on any atom is -0.212 e. The predicted molar refractivity (Wildman–Crippen MR) is 76.2 cm³/mol. The van der Waals surface area contributed by atoms with Crippen LogP contribution in [0.15, 0.2) is 24.3 Å². The monoisotopic (exact) mass is 279 g/mol. The Morgan fingerprint density at radius 3 is 2.53 bits per heavy atom. The first-order valence-corrected chi connectivity index (χ1v) is 8.69. The highest BCUT2D eigenvalue weighted by Crippen LogP contribution is 2.39. The lowest BCUT2D eigenvalue weighted by Crippen LogP contribution is -2.30. The third-order valence-corrected chi connectivity index (χ3v) is 6.30. The Morgan fingerprint density at radius 2 is 1.89 bits per heavy atom. The molecule has 4 heteroatoms. The molecule has 2 fully saturated rings. The predicted octanol–water partition coefficient (Wildman–Crippen LogP) is 2.56. The van der Waals surface area contributed by atoms with E-state index in [1.54, 1.807) is 4.31 Å². The molecule has 1 aliphatic heterocycles. The van der Waals surface area contributed by atoms with Crippen LogP contribution >= 0.6 is 0 Å². The maximum absolute atomic E-state index is 12.5. The number of nitrogens with zero attached hydrogens (tertiary/aromatic N) is 1. The lowest BCUT2D eigenvalue weighted by Gasteiger charge is -2.17. The molecular formula is C15H21NO2S. The van der Waals surface area contributed by atoms with Gasteiger partial charge in [0.1, 0.15) is 0 Å². The van der Waals surface area contributed by atoms with Gasteiger partial charge in [-0.25, -0.2) is 12.7 Å². The van der Waals surface area contributed by atoms with Crippen LogP contribution in [0.5, 0.6) is 0 Å². The first-order valence-electron chi connectivity index (χ1n) is 7.08. The molecule has 0 aromatic heterocycles. The van der Waals surface area contributed by atoms with Crippen molar-refractivity contribution in [2.24, 2.45) is 11.8 Å². The van der Waals surface area contributed by atoms with Crippen LogP contribution in [-0.2, 0) is 15.8 Å². The van der Waals surface area contributed by atoms with Gasteiger partial charge in [0.05, 0.1) is 5.75 Å². The zero-order valence-electron chi connectivity index (χ0n) is 11.4. The number of aryl methyl sites for hydroxylation is 1. The topological polar surface area (TPSA) is 37.4 Å². The maximum Gasteiger partial charge on any atom is 0.218 e. The van der Waals surface area contributed by atoms with Gasteiger partial charge in [-0.1, -0.05) is 36.2 Å². The van der Waals surface area contributed by atoms with Gasteiger partial charge in [0.25, 0.3) is 0 Å². The van der Waals surface area contributed by atoms with Crippen LogP contribution in [0.3, 0.4) is 0 Å². The molecule has 0 radical (unpaired) electrons. The smallest absolute Gasteiger partial charge is 0.212 e. The van der Waals surface area contributed by atoms with E-state index in [-0.39, 0.29) is 5.75 Å². The molecule has 1 saturated heterocycles. The van der Waals surface area contributed by atoms with Crippen LogP contribution in [0, 0.1) is 18.8 Å². The van der Waals surface area contributed by atoms with Gasteiger partial charge in [0.2, 0.25) is 10.0 Å². The molecule has 0 N–H and O–H groups in total. The van der Waals surface area contributed by atoms with Crippen LogP contribution in [0.4, 0.5) is 0 Å². The van der Waals surface area contributed by atoms with Gasteiger partial charge in [-0.2, -0.15) is 0 Å². The molecule has 0 spiro atoms. The van der Waals surface area contributed by atoms with E-state index >= 15 is 0 Å². The summed E-state index contributed by atoms with van der Waals surface area (Å²) < 4.78 is 26.7. The van der Waals surface area contributed by atoms with E-state index in [2.05, 4.69) is 0 Å². The number of fused-ring (bicyclic) bond motifs is 1. The molecule has 104 valence electrons. The largest absolute Gasteiger partial charge is 0.218 e. The van der Waals surface area contributed by atoms with Crippen molar-refractivity contribution in [2.75, 3.05) is 13.1 Å². The number of rotatable bonds is 3. The van der Waals surface area contributed by atoms with Crippen LogP contribution < -0.4 is 0 Å². The van der Waals surface area contributed by atoms with Gasteiger partial charge in [-0.3, -0.25) is 0 Å². The Hall–Kier alpha value is -0.870. The highest BCUT2D eigenvalue weighted by molar-refractivity contribution is 7.88. The molecule has 1 aromatic carbocycles. The summed E-state index contributed by atoms with van der Waals surface area (Å²) in [5, 5.41) is 0. The summed E-state index contributed by atoms with van der Waals surface area (Å²) in [6.45, 7) is 3.49. The Labute approximate surface area is 115 Å². The van der Waals surface area contributed by atoms with Crippen molar-refractivity contribution in [1.82, 2.24) is 4.31 Å². The summed E-state index contributed by atoms with van der Waals surface area (Å²) in [6.07, 6.45) is 3.70. The third-order valence-electron chi connectivity index (χ3n) is 4.52. The molecule has 2 unspecified atom stereocenters. The van der Waals surface area contributed by atoms with Gasteiger partial charge < -0.3 is 0 Å². The molecule has 2 atom stereocenters. The van der Waals surface area contributed by atoms with Crippen LogP contribution in [0.2, 0.25) is 0 Å². The van der Waals surface area contributed by atoms with Crippen molar-refractivity contribution < 1.29 is 8.42 Å². The fourth-order valence-electron chi connectivity index (χ4n) is 3.52. The second-order valence-corrected chi connectivity index (χ2v) is 7.98. The Bertz CT molecular complexity index is 555. The number of hydrogen-bond donors (Lipinski definition) is 0. The van der Waals surface area contributed by atoms with Gasteiger partial charge in [0.15, 0.2) is 0 Å². The van der Waals surface area contributed by atoms with Crippen molar-refractivity contribution in [3.8, 4) is 0 Å². The normalized spacial score (nSPS) is 27.6. The zero-order valence-corrected chi connectivity index (χ0v) is 12.2. The summed E-state index contributed by atoms with van der Waals surface area (Å²) >= 11 is 0. The summed E-state index contributed by atoms with van der Waals surface area (Å²) in [5.74, 6) is 1.38. The van der Waals surface area contributed by atoms with Crippen molar-refractivity contribution in [1.29, 1.82) is 0 Å². The third kappa shape index (κ3) is 2.70. The van der Waals surface area contributed by atoms with E-state index in [1.165, 1.54) is 19.3 Å². The summed E-state index contributed by atoms with van der Waals surface area (Å²) in [7, 11) is -3.14. The van der Waals surface area contributed by atoms with Crippen molar-refractivity contribution in [2.45, 2.75) is 31.9 Å². The Kier molecular flexibility index (Phi) is 3.39. The fourth-order valence-corrected chi connectivity index (χ4v) is 5.14. The second-order valence-electron chi connectivity index (χ2n) is 6.01. The van der Waals surface area contributed by atoms with Crippen molar-refractivity contribution >= 4 is 10.0 Å². The zero-order chi connectivity index (χ0) is 13.5. The molecule has 3 rings (SSSR count). The second kappa shape index (κ2) is 4.91. The lowest BCUT2D eigenvalue weighted by molar-refractivity contribution is 0.445. The number of hydrogen-bond acceptors (Lipinski definition) is 2. The molecule has 19 heavy (non-hydrogen) atoms. The maximum atomic E-state index is 12.5. The minimum absolute atomic E-state index is 0.147. The van der Waals surface area contributed by atoms with Crippen molar-refractivity contribution in [3.05, 3.63) is 35.4 Å². The van der Waals surface area contributed by atoms with Crippen LogP contribution in [0.25, 0.3) is 0 Å². The highest BCUT2D eigenvalue weighted by atomic mass is 32.2. The molecule has 3 nitrogen and oxygen atoms in total. The van der Waals surface area contributed by atoms with E-state index < -0.39 is 10.0 Å². The van der Waals surface area contributed by atoms with E-state index in [1.807, 2.05) is 31.2 Å². The van der Waals surface area contributed by atoms with E-state index in [4.69, 9.17) is 0 Å². The Morgan fingerprint density at radius 1 is 1.21 bits per heavy atom. The fraction of sp³-hybridized carbons (Fsp3) is 0.600. The summed E-state index contributed by atoms with van der Waals surface area (Å²) in [5.41, 5.74) is 2.02. The molecule has 1 saturated carbocycles. The highest BCUT2D eigenvalue weighted by Gasteiger charge is 2.40. The van der Waals surface area contributed by atoms with Gasteiger partial charge in [0, 0.05) is 13.1 Å². The number of sulfonamides is 1. The minimum atomic E-state index is -3.14. The molecule has 1 aromatic rings. The molecule has 2 aliphatic rings. The first kappa shape index (κ1) is 13.1. The molecule has 0 amide bonds. The Balaban J connectivity index is 1.73. The van der Waals surface area contributed by atoms with Gasteiger partial charge >= 0.3 is 0 Å². The average Bonchev–Trinajstić information content (AvgIpc) is 2.87. The molecular weight excluding hydrogens is 258 g/mol. The molecule has 0 bridgehead atoms. The van der Waals surface area contributed by atoms with E-state index in [0.29, 0.717) is 11.8 Å². The quantitative estimate of drug-likeness (QED) is 0.852. The number of benzene rings is 1. The summed E-state index contributed by atoms with van der Waals surface area (Å²) in [6, 6.07) is 7.80. The SMILES string of the molecule is Cc1cccc(CS(=O)(=O)N2CC3CCCC3C2)c1. The lowest BCUT2D eigenvalue weighted by atomic mass is 10.0. The first-order chi connectivity index (χ1) is 9.04. The van der Waals surface area contributed by atoms with Crippen LogP contribution in [0.1, 0.15) is 30.4 Å².